The molecule has 0 bridgehead atoms. The molecule has 0 aliphatic carbocycles. The molecule has 1 aromatic heterocycles. The zero-order valence-electron chi connectivity index (χ0n) is 14.7. The molecule has 1 atom stereocenters. The van der Waals surface area contributed by atoms with Gasteiger partial charge in [-0.1, -0.05) is 41.7 Å². The van der Waals surface area contributed by atoms with Crippen molar-refractivity contribution in [3.05, 3.63) is 40.9 Å². The summed E-state index contributed by atoms with van der Waals surface area (Å²) in [4.78, 5) is 26.3. The van der Waals surface area contributed by atoms with E-state index in [9.17, 15) is 9.59 Å². The van der Waals surface area contributed by atoms with Crippen LogP contribution in [0.3, 0.4) is 0 Å². The van der Waals surface area contributed by atoms with E-state index in [0.717, 1.165) is 10.6 Å². The van der Waals surface area contributed by atoms with Gasteiger partial charge >= 0.3 is 0 Å². The number of carbonyl (C=O) groups excluding carboxylic acids is 2. The predicted molar refractivity (Wildman–Crippen MR) is 97.4 cm³/mol. The van der Waals surface area contributed by atoms with Crippen LogP contribution in [0.1, 0.15) is 37.8 Å². The molecule has 1 unspecified atom stereocenters. The van der Waals surface area contributed by atoms with Gasteiger partial charge in [-0.25, -0.2) is 0 Å². The molecular weight excluding hydrogens is 336 g/mol. The Balaban J connectivity index is 1.60. The number of rotatable bonds is 4. The van der Waals surface area contributed by atoms with E-state index in [1.165, 1.54) is 11.3 Å². The molecule has 3 rings (SSSR count). The van der Waals surface area contributed by atoms with Crippen LogP contribution in [-0.2, 0) is 16.0 Å². The third-order valence-electron chi connectivity index (χ3n) is 4.20. The van der Waals surface area contributed by atoms with Crippen molar-refractivity contribution in [1.82, 2.24) is 15.1 Å². The van der Waals surface area contributed by atoms with Gasteiger partial charge in [-0.3, -0.25) is 9.59 Å². The maximum atomic E-state index is 12.4. The van der Waals surface area contributed by atoms with Crippen LogP contribution in [0.15, 0.2) is 30.3 Å². The van der Waals surface area contributed by atoms with E-state index in [1.54, 1.807) is 4.90 Å². The molecule has 0 spiro atoms. The molecule has 1 fully saturated rings. The molecular formula is C18H22N4O2S. The molecule has 2 aromatic rings. The number of nitrogens with one attached hydrogen (secondary N) is 1. The van der Waals surface area contributed by atoms with Crippen molar-refractivity contribution < 1.29 is 9.59 Å². The predicted octanol–water partition coefficient (Wildman–Crippen LogP) is 2.71. The van der Waals surface area contributed by atoms with Crippen LogP contribution in [0.5, 0.6) is 0 Å². The van der Waals surface area contributed by atoms with Crippen molar-refractivity contribution in [1.29, 1.82) is 0 Å². The van der Waals surface area contributed by atoms with Gasteiger partial charge in [0, 0.05) is 24.9 Å². The highest BCUT2D eigenvalue weighted by Crippen LogP contribution is 2.27. The van der Waals surface area contributed by atoms with Crippen molar-refractivity contribution in [2.45, 2.75) is 39.2 Å². The number of carbonyl (C=O) groups is 2. The van der Waals surface area contributed by atoms with Gasteiger partial charge in [-0.15, -0.1) is 10.2 Å². The molecule has 6 nitrogen and oxygen atoms in total. The van der Waals surface area contributed by atoms with Gasteiger partial charge in [-0.2, -0.15) is 0 Å². The van der Waals surface area contributed by atoms with Gasteiger partial charge in [0.15, 0.2) is 0 Å². The Morgan fingerprint density at radius 2 is 2.00 bits per heavy atom. The Kier molecular flexibility index (Phi) is 4.85. The van der Waals surface area contributed by atoms with E-state index in [1.807, 2.05) is 51.1 Å². The summed E-state index contributed by atoms with van der Waals surface area (Å²) in [7, 11) is 0. The first-order valence-corrected chi connectivity index (χ1v) is 9.12. The van der Waals surface area contributed by atoms with Gasteiger partial charge < -0.3 is 10.2 Å². The summed E-state index contributed by atoms with van der Waals surface area (Å²) in [6.45, 7) is 6.38. The fourth-order valence-corrected chi connectivity index (χ4v) is 3.66. The maximum Gasteiger partial charge on any atom is 0.231 e. The molecule has 1 aliphatic rings. The minimum atomic E-state index is -0.340. The lowest BCUT2D eigenvalue weighted by Crippen LogP contribution is -2.42. The lowest BCUT2D eigenvalue weighted by molar-refractivity contribution is -0.131. The van der Waals surface area contributed by atoms with Crippen LogP contribution in [0.2, 0.25) is 0 Å². The lowest BCUT2D eigenvalue weighted by Gasteiger charge is -2.31. The quantitative estimate of drug-likeness (QED) is 0.912. The van der Waals surface area contributed by atoms with Crippen LogP contribution in [-0.4, -0.2) is 39.0 Å². The van der Waals surface area contributed by atoms with E-state index in [2.05, 4.69) is 15.5 Å². The highest BCUT2D eigenvalue weighted by molar-refractivity contribution is 7.15. The van der Waals surface area contributed by atoms with Crippen molar-refractivity contribution in [3.8, 4) is 0 Å². The Morgan fingerprint density at radius 1 is 1.28 bits per heavy atom. The summed E-state index contributed by atoms with van der Waals surface area (Å²) in [5, 5.41) is 12.3. The zero-order chi connectivity index (χ0) is 18.0. The van der Waals surface area contributed by atoms with Crippen molar-refractivity contribution >= 4 is 28.3 Å². The summed E-state index contributed by atoms with van der Waals surface area (Å²) in [5.41, 5.74) is 0.885. The third-order valence-corrected chi connectivity index (χ3v) is 5.04. The smallest absolute Gasteiger partial charge is 0.231 e. The number of amides is 2. The summed E-state index contributed by atoms with van der Waals surface area (Å²) < 4.78 is 0. The molecule has 2 heterocycles. The minimum absolute atomic E-state index is 0.0229. The second-order valence-electron chi connectivity index (χ2n) is 7.23. The maximum absolute atomic E-state index is 12.4. The van der Waals surface area contributed by atoms with Crippen molar-refractivity contribution in [2.24, 2.45) is 5.92 Å². The van der Waals surface area contributed by atoms with Gasteiger partial charge in [0.05, 0.1) is 5.92 Å². The fourth-order valence-electron chi connectivity index (χ4n) is 2.88. The number of hydrogen-bond donors (Lipinski definition) is 1. The molecule has 1 saturated heterocycles. The van der Waals surface area contributed by atoms with Gasteiger partial charge in [0.25, 0.3) is 0 Å². The number of likely N-dealkylation sites (tertiary alicyclic amines) is 1. The minimum Gasteiger partial charge on any atom is -0.337 e. The van der Waals surface area contributed by atoms with Crippen LogP contribution in [0, 0.1) is 5.92 Å². The first kappa shape index (κ1) is 17.5. The molecule has 0 radical (unpaired) electrons. The van der Waals surface area contributed by atoms with Gasteiger partial charge in [0.2, 0.25) is 16.9 Å². The zero-order valence-corrected chi connectivity index (χ0v) is 15.5. The average molecular weight is 358 g/mol. The van der Waals surface area contributed by atoms with E-state index in [0.29, 0.717) is 18.1 Å². The Morgan fingerprint density at radius 3 is 2.64 bits per heavy atom. The first-order chi connectivity index (χ1) is 11.8. The normalized spacial score (nSPS) is 17.8. The number of aromatic nitrogens is 2. The van der Waals surface area contributed by atoms with Gasteiger partial charge in [-0.05, 0) is 26.3 Å². The van der Waals surface area contributed by atoms with E-state index >= 15 is 0 Å². The number of anilines is 1. The van der Waals surface area contributed by atoms with Gasteiger partial charge in [0.1, 0.15) is 5.01 Å². The second kappa shape index (κ2) is 6.92. The fraction of sp³-hybridized carbons (Fsp3) is 0.444. The lowest BCUT2D eigenvalue weighted by atomic mass is 10.1. The molecule has 2 amide bonds. The Bertz CT molecular complexity index is 767. The van der Waals surface area contributed by atoms with Crippen molar-refractivity contribution in [2.75, 3.05) is 11.9 Å². The van der Waals surface area contributed by atoms with E-state index in [4.69, 9.17) is 0 Å². The molecule has 1 aliphatic heterocycles. The topological polar surface area (TPSA) is 75.2 Å². The molecule has 1 aromatic carbocycles. The monoisotopic (exact) mass is 358 g/mol. The summed E-state index contributed by atoms with van der Waals surface area (Å²) in [6.07, 6.45) is 0.937. The molecule has 1 N–H and O–H groups in total. The first-order valence-electron chi connectivity index (χ1n) is 8.30. The summed E-state index contributed by atoms with van der Waals surface area (Å²) in [5.74, 6) is -0.481. The molecule has 132 valence electrons. The second-order valence-corrected chi connectivity index (χ2v) is 8.29. The van der Waals surface area contributed by atoms with E-state index in [-0.39, 0.29) is 29.7 Å². The number of hydrogen-bond acceptors (Lipinski definition) is 5. The van der Waals surface area contributed by atoms with Crippen LogP contribution >= 0.6 is 11.3 Å². The highest BCUT2D eigenvalue weighted by atomic mass is 32.1. The van der Waals surface area contributed by atoms with Crippen LogP contribution in [0.25, 0.3) is 0 Å². The highest BCUT2D eigenvalue weighted by Gasteiger charge is 2.39. The standard InChI is InChI=1S/C18H22N4O2S/c1-18(2,3)22-11-13(10-15(22)23)16(24)19-17-21-20-14(25-17)9-12-7-5-4-6-8-12/h4-8,13H,9-11H2,1-3H3,(H,19,21,24). The molecule has 25 heavy (non-hydrogen) atoms. The van der Waals surface area contributed by atoms with E-state index < -0.39 is 0 Å². The number of nitrogens with zero attached hydrogens (tertiary/aromatic N) is 3. The molecule has 7 heteroatoms. The molecule has 0 saturated carbocycles. The largest absolute Gasteiger partial charge is 0.337 e. The average Bonchev–Trinajstić information content (AvgIpc) is 3.14. The SMILES string of the molecule is CC(C)(C)N1CC(C(=O)Nc2nnc(Cc3ccccc3)s2)CC1=O. The van der Waals surface area contributed by atoms with Crippen LogP contribution < -0.4 is 5.32 Å². The Labute approximate surface area is 151 Å². The third kappa shape index (κ3) is 4.22. The van der Waals surface area contributed by atoms with Crippen LogP contribution in [0.4, 0.5) is 5.13 Å². The van der Waals surface area contributed by atoms with Crippen molar-refractivity contribution in [3.63, 3.8) is 0 Å². The Hall–Kier alpha value is -2.28. The summed E-state index contributed by atoms with van der Waals surface area (Å²) in [6, 6.07) is 10.0. The summed E-state index contributed by atoms with van der Waals surface area (Å²) >= 11 is 1.37. The number of benzene rings is 1.